The molecule has 1 atom stereocenters. The number of nitrogens with one attached hydrogen (secondary N) is 2. The minimum atomic E-state index is -3.37. The van der Waals surface area contributed by atoms with Crippen molar-refractivity contribution in [1.82, 2.24) is 10.0 Å². The van der Waals surface area contributed by atoms with Gasteiger partial charge in [-0.2, -0.15) is 0 Å². The molecule has 1 aliphatic heterocycles. The summed E-state index contributed by atoms with van der Waals surface area (Å²) in [4.78, 5) is 0.367. The second-order valence-corrected chi connectivity index (χ2v) is 7.35. The first-order chi connectivity index (χ1) is 9.12. The molecule has 1 aliphatic carbocycles. The van der Waals surface area contributed by atoms with Crippen LogP contribution in [0.3, 0.4) is 0 Å². The van der Waals surface area contributed by atoms with Gasteiger partial charge >= 0.3 is 0 Å². The minimum absolute atomic E-state index is 0.111. The Kier molecular flexibility index (Phi) is 3.37. The van der Waals surface area contributed by atoms with E-state index in [0.29, 0.717) is 4.90 Å². The molecule has 0 unspecified atom stereocenters. The summed E-state index contributed by atoms with van der Waals surface area (Å²) in [6, 6.07) is 8.76. The van der Waals surface area contributed by atoms with Crippen LogP contribution >= 0.6 is 0 Å². The lowest BCUT2D eigenvalue weighted by Gasteiger charge is -2.52. The fourth-order valence-electron chi connectivity index (χ4n) is 3.26. The number of hydrogen-bond donors (Lipinski definition) is 2. The van der Waals surface area contributed by atoms with Crippen LogP contribution < -0.4 is 10.0 Å². The molecular formula is C14H20N2O2S. The maximum atomic E-state index is 12.3. The summed E-state index contributed by atoms with van der Waals surface area (Å²) in [5, 5.41) is 3.35. The van der Waals surface area contributed by atoms with Gasteiger partial charge < -0.3 is 5.32 Å². The lowest BCUT2D eigenvalue weighted by molar-refractivity contribution is 0.0437. The van der Waals surface area contributed by atoms with Gasteiger partial charge in [0.25, 0.3) is 0 Å². The van der Waals surface area contributed by atoms with E-state index in [1.807, 2.05) is 6.07 Å². The van der Waals surface area contributed by atoms with Crippen LogP contribution in [0.15, 0.2) is 35.2 Å². The van der Waals surface area contributed by atoms with Gasteiger partial charge in [0.15, 0.2) is 0 Å². The number of benzene rings is 1. The Hall–Kier alpha value is -0.910. The second-order valence-electron chi connectivity index (χ2n) is 5.64. The van der Waals surface area contributed by atoms with Crippen LogP contribution in [0.25, 0.3) is 0 Å². The van der Waals surface area contributed by atoms with Crippen molar-refractivity contribution in [1.29, 1.82) is 0 Å². The number of piperidine rings is 1. The molecule has 0 bridgehead atoms. The van der Waals surface area contributed by atoms with Crippen LogP contribution in [0.2, 0.25) is 0 Å². The van der Waals surface area contributed by atoms with Gasteiger partial charge in [-0.3, -0.25) is 0 Å². The molecule has 1 aromatic carbocycles. The molecule has 5 heteroatoms. The van der Waals surface area contributed by atoms with Crippen LogP contribution in [-0.4, -0.2) is 27.5 Å². The zero-order valence-electron chi connectivity index (χ0n) is 10.9. The minimum Gasteiger partial charge on any atom is -0.317 e. The Morgan fingerprint density at radius 1 is 1.11 bits per heavy atom. The lowest BCUT2D eigenvalue weighted by atomic mass is 9.60. The summed E-state index contributed by atoms with van der Waals surface area (Å²) in [5.74, 6) is 0. The second kappa shape index (κ2) is 4.89. The van der Waals surface area contributed by atoms with Gasteiger partial charge in [0, 0.05) is 6.04 Å². The van der Waals surface area contributed by atoms with E-state index in [9.17, 15) is 8.42 Å². The molecule has 104 valence electrons. The molecule has 1 aromatic rings. The van der Waals surface area contributed by atoms with E-state index in [4.69, 9.17) is 0 Å². The van der Waals surface area contributed by atoms with E-state index < -0.39 is 10.0 Å². The maximum Gasteiger partial charge on any atom is 0.240 e. The smallest absolute Gasteiger partial charge is 0.240 e. The van der Waals surface area contributed by atoms with E-state index >= 15 is 0 Å². The van der Waals surface area contributed by atoms with Crippen LogP contribution in [-0.2, 0) is 10.0 Å². The van der Waals surface area contributed by atoms with E-state index in [0.717, 1.165) is 38.8 Å². The topological polar surface area (TPSA) is 58.2 Å². The molecule has 2 fully saturated rings. The highest BCUT2D eigenvalue weighted by Gasteiger charge is 2.48. The highest BCUT2D eigenvalue weighted by atomic mass is 32.2. The first-order valence-electron chi connectivity index (χ1n) is 6.91. The van der Waals surface area contributed by atoms with Gasteiger partial charge in [-0.25, -0.2) is 13.1 Å². The van der Waals surface area contributed by atoms with Crippen LogP contribution in [0.5, 0.6) is 0 Å². The molecule has 2 N–H and O–H groups in total. The molecule has 3 rings (SSSR count). The number of hydrogen-bond acceptors (Lipinski definition) is 3. The normalized spacial score (nSPS) is 26.0. The summed E-state index contributed by atoms with van der Waals surface area (Å²) >= 11 is 0. The largest absolute Gasteiger partial charge is 0.317 e. The van der Waals surface area contributed by atoms with Crippen LogP contribution in [0, 0.1) is 5.41 Å². The molecule has 19 heavy (non-hydrogen) atoms. The standard InChI is InChI=1S/C14H20N2O2S/c17-19(18,12-4-2-1-3-5-12)16-13-6-7-14(13)8-10-15-11-9-14/h1-5,13,15-16H,6-11H2/t13-/m1/s1. The Labute approximate surface area is 114 Å². The molecule has 0 amide bonds. The highest BCUT2D eigenvalue weighted by Crippen LogP contribution is 2.48. The zero-order chi connectivity index (χ0) is 13.3. The van der Waals surface area contributed by atoms with Crippen molar-refractivity contribution >= 4 is 10.0 Å². The number of sulfonamides is 1. The first-order valence-corrected chi connectivity index (χ1v) is 8.39. The molecule has 0 radical (unpaired) electrons. The van der Waals surface area contributed by atoms with Gasteiger partial charge in [-0.1, -0.05) is 18.2 Å². The summed E-state index contributed by atoms with van der Waals surface area (Å²) in [6.07, 6.45) is 4.27. The maximum absolute atomic E-state index is 12.3. The third kappa shape index (κ3) is 2.42. The fourth-order valence-corrected chi connectivity index (χ4v) is 4.65. The average Bonchev–Trinajstić information content (AvgIpc) is 2.46. The van der Waals surface area contributed by atoms with Crippen molar-refractivity contribution in [2.45, 2.75) is 36.6 Å². The molecule has 1 saturated heterocycles. The van der Waals surface area contributed by atoms with Gasteiger partial charge in [0.05, 0.1) is 4.90 Å². The molecule has 2 aliphatic rings. The van der Waals surface area contributed by atoms with Crippen molar-refractivity contribution in [2.24, 2.45) is 5.41 Å². The van der Waals surface area contributed by atoms with Gasteiger partial charge in [-0.15, -0.1) is 0 Å². The molecular weight excluding hydrogens is 260 g/mol. The van der Waals surface area contributed by atoms with Gasteiger partial charge in [-0.05, 0) is 56.3 Å². The molecule has 1 spiro atoms. The van der Waals surface area contributed by atoms with Gasteiger partial charge in [0.1, 0.15) is 0 Å². The quantitative estimate of drug-likeness (QED) is 0.882. The zero-order valence-corrected chi connectivity index (χ0v) is 11.7. The Balaban J connectivity index is 1.75. The summed E-state index contributed by atoms with van der Waals surface area (Å²) in [7, 11) is -3.37. The van der Waals surface area contributed by atoms with E-state index in [-0.39, 0.29) is 11.5 Å². The van der Waals surface area contributed by atoms with Crippen molar-refractivity contribution < 1.29 is 8.42 Å². The van der Waals surface area contributed by atoms with Crippen molar-refractivity contribution in [2.75, 3.05) is 13.1 Å². The lowest BCUT2D eigenvalue weighted by Crippen LogP contribution is -2.58. The first kappa shape index (κ1) is 13.1. The van der Waals surface area contributed by atoms with Crippen LogP contribution in [0.4, 0.5) is 0 Å². The van der Waals surface area contributed by atoms with Gasteiger partial charge in [0.2, 0.25) is 10.0 Å². The molecule has 0 aromatic heterocycles. The summed E-state index contributed by atoms with van der Waals surface area (Å²) in [5.41, 5.74) is 0.201. The highest BCUT2D eigenvalue weighted by molar-refractivity contribution is 7.89. The van der Waals surface area contributed by atoms with Crippen molar-refractivity contribution in [3.8, 4) is 0 Å². The summed E-state index contributed by atoms with van der Waals surface area (Å²) in [6.45, 7) is 2.01. The third-order valence-corrected chi connectivity index (χ3v) is 6.11. The fraction of sp³-hybridized carbons (Fsp3) is 0.571. The molecule has 1 saturated carbocycles. The molecule has 4 nitrogen and oxygen atoms in total. The van der Waals surface area contributed by atoms with E-state index in [1.54, 1.807) is 24.3 Å². The Morgan fingerprint density at radius 3 is 2.37 bits per heavy atom. The van der Waals surface area contributed by atoms with Crippen molar-refractivity contribution in [3.63, 3.8) is 0 Å². The third-order valence-electron chi connectivity index (χ3n) is 4.62. The predicted octanol–water partition coefficient (Wildman–Crippen LogP) is 1.50. The predicted molar refractivity (Wildman–Crippen MR) is 74.3 cm³/mol. The van der Waals surface area contributed by atoms with E-state index in [2.05, 4.69) is 10.0 Å². The monoisotopic (exact) mass is 280 g/mol. The average molecular weight is 280 g/mol. The Morgan fingerprint density at radius 2 is 1.79 bits per heavy atom. The Bertz CT molecular complexity index is 536. The SMILES string of the molecule is O=S(=O)(N[C@@H]1CCC12CCNCC2)c1ccccc1. The van der Waals surface area contributed by atoms with Crippen molar-refractivity contribution in [3.05, 3.63) is 30.3 Å². The molecule has 1 heterocycles. The number of rotatable bonds is 3. The summed E-state index contributed by atoms with van der Waals surface area (Å²) < 4.78 is 27.6. The van der Waals surface area contributed by atoms with Crippen LogP contribution in [0.1, 0.15) is 25.7 Å². The van der Waals surface area contributed by atoms with E-state index in [1.165, 1.54) is 0 Å².